The van der Waals surface area contributed by atoms with Crippen LogP contribution < -0.4 is 5.32 Å². The summed E-state index contributed by atoms with van der Waals surface area (Å²) in [6.45, 7) is 0. The average Bonchev–Trinajstić information content (AvgIpc) is 2.34. The molecule has 1 aromatic rings. The van der Waals surface area contributed by atoms with Crippen LogP contribution in [0.5, 0.6) is 0 Å². The van der Waals surface area contributed by atoms with Crippen molar-refractivity contribution in [3.8, 4) is 0 Å². The van der Waals surface area contributed by atoms with Crippen molar-refractivity contribution in [2.75, 3.05) is 5.32 Å². The minimum atomic E-state index is -1.10. The normalized spacial score (nSPS) is 17.5. The molecule has 2 rings (SSSR count). The van der Waals surface area contributed by atoms with Gasteiger partial charge < -0.3 is 10.4 Å². The molecule has 0 spiro atoms. The van der Waals surface area contributed by atoms with Crippen molar-refractivity contribution in [3.63, 3.8) is 0 Å². The number of benzene rings is 1. The Balaban J connectivity index is 2.03. The summed E-state index contributed by atoms with van der Waals surface area (Å²) in [5.74, 6) is -1.58. The molecule has 1 saturated carbocycles. The van der Waals surface area contributed by atoms with Gasteiger partial charge in [-0.2, -0.15) is 0 Å². The van der Waals surface area contributed by atoms with Gasteiger partial charge in [0.1, 0.15) is 5.82 Å². The maximum atomic E-state index is 13.8. The second-order valence-electron chi connectivity index (χ2n) is 5.19. The third kappa shape index (κ3) is 3.94. The van der Waals surface area contributed by atoms with E-state index in [4.69, 9.17) is 5.11 Å². The summed E-state index contributed by atoms with van der Waals surface area (Å²) >= 11 is 0. The molecule has 0 heterocycles. The fourth-order valence-corrected chi connectivity index (χ4v) is 2.59. The molecule has 2 N–H and O–H groups in total. The van der Waals surface area contributed by atoms with Gasteiger partial charge in [0.05, 0.1) is 11.3 Å². The van der Waals surface area contributed by atoms with Crippen molar-refractivity contribution < 1.29 is 14.3 Å². The first kappa shape index (κ1) is 13.8. The molecule has 1 aliphatic rings. The highest BCUT2D eigenvalue weighted by Crippen LogP contribution is 2.23. The molecule has 19 heavy (non-hydrogen) atoms. The molecule has 0 amide bonds. The molecule has 1 aromatic carbocycles. The summed E-state index contributed by atoms with van der Waals surface area (Å²) in [6.07, 6.45) is 8.25. The topological polar surface area (TPSA) is 49.3 Å². The van der Waals surface area contributed by atoms with Crippen molar-refractivity contribution in [2.45, 2.75) is 51.0 Å². The predicted molar refractivity (Wildman–Crippen MR) is 73.1 cm³/mol. The van der Waals surface area contributed by atoms with Gasteiger partial charge in [0.15, 0.2) is 0 Å². The van der Waals surface area contributed by atoms with Crippen LogP contribution in [0.15, 0.2) is 18.2 Å². The fraction of sp³-hybridized carbons (Fsp3) is 0.533. The molecular weight excluding hydrogens is 245 g/mol. The number of carbonyl (C=O) groups is 1. The monoisotopic (exact) mass is 265 g/mol. The number of hydrogen-bond acceptors (Lipinski definition) is 2. The first-order valence-electron chi connectivity index (χ1n) is 6.96. The number of carboxylic acid groups (broad SMARTS) is 1. The van der Waals surface area contributed by atoms with E-state index in [2.05, 4.69) is 5.32 Å². The Bertz CT molecular complexity index is 440. The fourth-order valence-electron chi connectivity index (χ4n) is 2.59. The molecule has 1 aliphatic carbocycles. The van der Waals surface area contributed by atoms with E-state index in [1.165, 1.54) is 44.2 Å². The lowest BCUT2D eigenvalue weighted by Gasteiger charge is -2.22. The van der Waals surface area contributed by atoms with Gasteiger partial charge in [0.2, 0.25) is 0 Å². The number of nitrogens with one attached hydrogen (secondary N) is 1. The lowest BCUT2D eigenvalue weighted by atomic mass is 9.96. The van der Waals surface area contributed by atoms with Crippen molar-refractivity contribution in [1.82, 2.24) is 0 Å². The largest absolute Gasteiger partial charge is 0.478 e. The van der Waals surface area contributed by atoms with Crippen molar-refractivity contribution in [2.24, 2.45) is 0 Å². The van der Waals surface area contributed by atoms with Crippen LogP contribution in [0.1, 0.15) is 55.3 Å². The zero-order valence-electron chi connectivity index (χ0n) is 11.0. The lowest BCUT2D eigenvalue weighted by molar-refractivity contribution is 0.0696. The van der Waals surface area contributed by atoms with E-state index >= 15 is 0 Å². The number of aromatic carboxylic acids is 1. The molecular formula is C15H20FNO2. The van der Waals surface area contributed by atoms with Crippen LogP contribution in [0, 0.1) is 5.82 Å². The Kier molecular flexibility index (Phi) is 4.77. The van der Waals surface area contributed by atoms with Gasteiger partial charge in [0, 0.05) is 6.04 Å². The third-order valence-corrected chi connectivity index (χ3v) is 3.68. The molecule has 1 fully saturated rings. The van der Waals surface area contributed by atoms with E-state index in [1.54, 1.807) is 0 Å². The molecule has 0 saturated heterocycles. The number of rotatable bonds is 3. The number of hydrogen-bond donors (Lipinski definition) is 2. The molecule has 0 aliphatic heterocycles. The highest BCUT2D eigenvalue weighted by atomic mass is 19.1. The van der Waals surface area contributed by atoms with Crippen LogP contribution in [0.4, 0.5) is 10.1 Å². The highest BCUT2D eigenvalue weighted by molar-refractivity contribution is 5.88. The number of halogens is 1. The molecule has 0 aromatic heterocycles. The van der Waals surface area contributed by atoms with Crippen LogP contribution in [-0.2, 0) is 0 Å². The molecule has 0 bridgehead atoms. The van der Waals surface area contributed by atoms with E-state index in [9.17, 15) is 9.18 Å². The summed E-state index contributed by atoms with van der Waals surface area (Å²) in [5, 5.41) is 12.0. The summed E-state index contributed by atoms with van der Waals surface area (Å²) in [6, 6.07) is 4.34. The SMILES string of the molecule is O=C(O)c1ccc(NC2CCCCCCC2)c(F)c1. The van der Waals surface area contributed by atoms with Gasteiger partial charge in [-0.3, -0.25) is 0 Å². The molecule has 0 radical (unpaired) electrons. The quantitative estimate of drug-likeness (QED) is 0.866. The molecule has 3 nitrogen and oxygen atoms in total. The van der Waals surface area contributed by atoms with Crippen molar-refractivity contribution >= 4 is 11.7 Å². The van der Waals surface area contributed by atoms with Crippen LogP contribution in [0.25, 0.3) is 0 Å². The summed E-state index contributed by atoms with van der Waals surface area (Å²) < 4.78 is 13.8. The zero-order chi connectivity index (χ0) is 13.7. The van der Waals surface area contributed by atoms with E-state index in [-0.39, 0.29) is 5.56 Å². The molecule has 4 heteroatoms. The van der Waals surface area contributed by atoms with Gasteiger partial charge in [-0.05, 0) is 31.0 Å². The number of carboxylic acids is 1. The van der Waals surface area contributed by atoms with E-state index in [1.807, 2.05) is 0 Å². The Morgan fingerprint density at radius 3 is 2.37 bits per heavy atom. The Morgan fingerprint density at radius 2 is 1.79 bits per heavy atom. The van der Waals surface area contributed by atoms with Crippen LogP contribution >= 0.6 is 0 Å². The summed E-state index contributed by atoms with van der Waals surface area (Å²) in [7, 11) is 0. The number of anilines is 1. The second-order valence-corrected chi connectivity index (χ2v) is 5.19. The summed E-state index contributed by atoms with van der Waals surface area (Å²) in [4.78, 5) is 10.8. The predicted octanol–water partition coefficient (Wildman–Crippen LogP) is 4.05. The standard InChI is InChI=1S/C15H20FNO2/c16-13-10-11(15(18)19)8-9-14(13)17-12-6-4-2-1-3-5-7-12/h8-10,12,17H,1-7H2,(H,18,19). The van der Waals surface area contributed by atoms with Crippen LogP contribution in [0.3, 0.4) is 0 Å². The van der Waals surface area contributed by atoms with Crippen molar-refractivity contribution in [3.05, 3.63) is 29.6 Å². The second kappa shape index (κ2) is 6.55. The smallest absolute Gasteiger partial charge is 0.335 e. The molecule has 104 valence electrons. The molecule has 0 unspecified atom stereocenters. The third-order valence-electron chi connectivity index (χ3n) is 3.68. The van der Waals surface area contributed by atoms with Gasteiger partial charge in [-0.1, -0.05) is 32.1 Å². The minimum absolute atomic E-state index is 0.0132. The minimum Gasteiger partial charge on any atom is -0.478 e. The average molecular weight is 265 g/mol. The highest BCUT2D eigenvalue weighted by Gasteiger charge is 2.14. The summed E-state index contributed by atoms with van der Waals surface area (Å²) in [5.41, 5.74) is 0.399. The molecule has 0 atom stereocenters. The lowest BCUT2D eigenvalue weighted by Crippen LogP contribution is -2.21. The maximum absolute atomic E-state index is 13.8. The van der Waals surface area contributed by atoms with Crippen LogP contribution in [-0.4, -0.2) is 17.1 Å². The Morgan fingerprint density at radius 1 is 1.16 bits per heavy atom. The maximum Gasteiger partial charge on any atom is 0.335 e. The Labute approximate surface area is 112 Å². The first-order valence-corrected chi connectivity index (χ1v) is 6.96. The van der Waals surface area contributed by atoms with E-state index < -0.39 is 11.8 Å². The van der Waals surface area contributed by atoms with Gasteiger partial charge >= 0.3 is 5.97 Å². The zero-order valence-corrected chi connectivity index (χ0v) is 11.0. The first-order chi connectivity index (χ1) is 9.16. The van der Waals surface area contributed by atoms with E-state index in [0.29, 0.717) is 11.7 Å². The van der Waals surface area contributed by atoms with E-state index in [0.717, 1.165) is 18.9 Å². The van der Waals surface area contributed by atoms with Crippen molar-refractivity contribution in [1.29, 1.82) is 0 Å². The Hall–Kier alpha value is -1.58. The van der Waals surface area contributed by atoms with Gasteiger partial charge in [0.25, 0.3) is 0 Å². The van der Waals surface area contributed by atoms with Gasteiger partial charge in [-0.25, -0.2) is 9.18 Å². The van der Waals surface area contributed by atoms with Gasteiger partial charge in [-0.15, -0.1) is 0 Å². The van der Waals surface area contributed by atoms with Crippen LogP contribution in [0.2, 0.25) is 0 Å².